The average molecular weight is 298 g/mol. The molecule has 1 amide bonds. The highest BCUT2D eigenvalue weighted by molar-refractivity contribution is 6.04. The molecule has 0 atom stereocenters. The maximum Gasteiger partial charge on any atom is 0.419 e. The van der Waals surface area contributed by atoms with Crippen molar-refractivity contribution in [1.82, 2.24) is 4.98 Å². The maximum absolute atomic E-state index is 13.8. The van der Waals surface area contributed by atoms with E-state index in [1.807, 2.05) is 0 Å². The fourth-order valence-electron chi connectivity index (χ4n) is 1.72. The molecule has 1 N–H and O–H groups in total. The van der Waals surface area contributed by atoms with Gasteiger partial charge in [-0.3, -0.25) is 4.79 Å². The van der Waals surface area contributed by atoms with Gasteiger partial charge in [0.2, 0.25) is 0 Å². The summed E-state index contributed by atoms with van der Waals surface area (Å²) in [5.41, 5.74) is -1.56. The molecule has 1 aromatic heterocycles. The van der Waals surface area contributed by atoms with E-state index in [4.69, 9.17) is 0 Å². The van der Waals surface area contributed by atoms with Gasteiger partial charge < -0.3 is 5.32 Å². The van der Waals surface area contributed by atoms with Crippen LogP contribution in [0.25, 0.3) is 0 Å². The van der Waals surface area contributed by atoms with Crippen LogP contribution in [0.15, 0.2) is 36.4 Å². The Hall–Kier alpha value is -2.44. The molecule has 3 nitrogen and oxygen atoms in total. The minimum absolute atomic E-state index is 0.136. The van der Waals surface area contributed by atoms with Crippen molar-refractivity contribution < 1.29 is 22.4 Å². The second-order valence-corrected chi connectivity index (χ2v) is 4.28. The summed E-state index contributed by atoms with van der Waals surface area (Å²) in [6.07, 6.45) is -4.86. The number of carbonyl (C=O) groups excluding carboxylic acids is 1. The fraction of sp³-hybridized carbons (Fsp3) is 0.143. The number of nitrogens with one attached hydrogen (secondary N) is 1. The van der Waals surface area contributed by atoms with Gasteiger partial charge >= 0.3 is 6.18 Å². The quantitative estimate of drug-likeness (QED) is 0.857. The fourth-order valence-corrected chi connectivity index (χ4v) is 1.72. The second-order valence-electron chi connectivity index (χ2n) is 4.28. The van der Waals surface area contributed by atoms with Gasteiger partial charge in [-0.1, -0.05) is 12.1 Å². The third-order valence-electron chi connectivity index (χ3n) is 2.68. The largest absolute Gasteiger partial charge is 0.419 e. The van der Waals surface area contributed by atoms with Crippen molar-refractivity contribution in [3.63, 3.8) is 0 Å². The van der Waals surface area contributed by atoms with Gasteiger partial charge in [0.1, 0.15) is 11.6 Å². The molecular formula is C14H10F4N2O. The highest BCUT2D eigenvalue weighted by Gasteiger charge is 2.35. The normalized spacial score (nSPS) is 11.3. The van der Waals surface area contributed by atoms with Crippen molar-refractivity contribution in [3.8, 4) is 0 Å². The summed E-state index contributed by atoms with van der Waals surface area (Å²) in [7, 11) is 0. The molecule has 1 heterocycles. The SMILES string of the molecule is Cc1cccc(NC(=O)c2cccc(C(F)(F)F)c2F)n1. The molecule has 2 aromatic rings. The van der Waals surface area contributed by atoms with Crippen LogP contribution in [-0.4, -0.2) is 10.9 Å². The van der Waals surface area contributed by atoms with Gasteiger partial charge in [-0.15, -0.1) is 0 Å². The van der Waals surface area contributed by atoms with Crippen LogP contribution in [0.5, 0.6) is 0 Å². The van der Waals surface area contributed by atoms with Gasteiger partial charge in [0.15, 0.2) is 0 Å². The summed E-state index contributed by atoms with van der Waals surface area (Å²) >= 11 is 0. The molecule has 0 spiro atoms. The monoisotopic (exact) mass is 298 g/mol. The van der Waals surface area contributed by atoms with Crippen LogP contribution in [0.2, 0.25) is 0 Å². The van der Waals surface area contributed by atoms with Crippen LogP contribution in [-0.2, 0) is 6.18 Å². The lowest BCUT2D eigenvalue weighted by Crippen LogP contribution is -2.18. The zero-order valence-electron chi connectivity index (χ0n) is 10.8. The molecule has 0 saturated heterocycles. The Morgan fingerprint density at radius 3 is 2.43 bits per heavy atom. The van der Waals surface area contributed by atoms with E-state index in [0.717, 1.165) is 12.1 Å². The van der Waals surface area contributed by atoms with E-state index in [-0.39, 0.29) is 5.82 Å². The molecule has 7 heteroatoms. The Bertz CT molecular complexity index is 683. The number of hydrogen-bond acceptors (Lipinski definition) is 2. The topological polar surface area (TPSA) is 42.0 Å². The summed E-state index contributed by atoms with van der Waals surface area (Å²) < 4.78 is 51.6. The number of aryl methyl sites for hydroxylation is 1. The molecular weight excluding hydrogens is 288 g/mol. The summed E-state index contributed by atoms with van der Waals surface area (Å²) in [5.74, 6) is -2.45. The van der Waals surface area contributed by atoms with Gasteiger partial charge in [-0.25, -0.2) is 9.37 Å². The molecule has 1 aromatic carbocycles. The first kappa shape index (κ1) is 15.0. The van der Waals surface area contributed by atoms with E-state index >= 15 is 0 Å². The number of alkyl halides is 3. The molecule has 21 heavy (non-hydrogen) atoms. The van der Waals surface area contributed by atoms with Crippen LogP contribution in [0.1, 0.15) is 21.6 Å². The summed E-state index contributed by atoms with van der Waals surface area (Å²) in [4.78, 5) is 15.8. The van der Waals surface area contributed by atoms with Gasteiger partial charge in [0.25, 0.3) is 5.91 Å². The Labute approximate surface area is 117 Å². The molecule has 0 aliphatic carbocycles. The first-order valence-electron chi connectivity index (χ1n) is 5.90. The third kappa shape index (κ3) is 3.36. The molecule has 2 rings (SSSR count). The Kier molecular flexibility index (Phi) is 3.93. The lowest BCUT2D eigenvalue weighted by atomic mass is 10.1. The molecule has 0 radical (unpaired) electrons. The Morgan fingerprint density at radius 2 is 1.81 bits per heavy atom. The van der Waals surface area contributed by atoms with E-state index in [1.54, 1.807) is 19.1 Å². The van der Waals surface area contributed by atoms with E-state index < -0.39 is 29.0 Å². The van der Waals surface area contributed by atoms with Gasteiger partial charge in [-0.2, -0.15) is 13.2 Å². The third-order valence-corrected chi connectivity index (χ3v) is 2.68. The van der Waals surface area contributed by atoms with Crippen LogP contribution in [0.4, 0.5) is 23.4 Å². The molecule has 0 bridgehead atoms. The van der Waals surface area contributed by atoms with E-state index in [9.17, 15) is 22.4 Å². The minimum atomic E-state index is -4.86. The molecule has 0 unspecified atom stereocenters. The first-order chi connectivity index (χ1) is 9.79. The lowest BCUT2D eigenvalue weighted by Gasteiger charge is -2.11. The van der Waals surface area contributed by atoms with Crippen LogP contribution >= 0.6 is 0 Å². The predicted octanol–water partition coefficient (Wildman–Crippen LogP) is 3.80. The summed E-state index contributed by atoms with van der Waals surface area (Å²) in [6, 6.07) is 7.29. The minimum Gasteiger partial charge on any atom is -0.306 e. The molecule has 0 aliphatic heterocycles. The number of halogens is 4. The highest BCUT2D eigenvalue weighted by atomic mass is 19.4. The molecule has 0 saturated carbocycles. The van der Waals surface area contributed by atoms with E-state index in [2.05, 4.69) is 10.3 Å². The number of hydrogen-bond donors (Lipinski definition) is 1. The number of anilines is 1. The van der Waals surface area contributed by atoms with Gasteiger partial charge in [0.05, 0.1) is 11.1 Å². The van der Waals surface area contributed by atoms with Crippen molar-refractivity contribution >= 4 is 11.7 Å². The molecule has 0 aliphatic rings. The van der Waals surface area contributed by atoms with Crippen molar-refractivity contribution in [1.29, 1.82) is 0 Å². The van der Waals surface area contributed by atoms with Crippen molar-refractivity contribution in [3.05, 3.63) is 59.0 Å². The van der Waals surface area contributed by atoms with Gasteiger partial charge in [0, 0.05) is 5.69 Å². The maximum atomic E-state index is 13.8. The molecule has 0 fully saturated rings. The number of pyridine rings is 1. The van der Waals surface area contributed by atoms with Crippen molar-refractivity contribution in [2.45, 2.75) is 13.1 Å². The van der Waals surface area contributed by atoms with Crippen LogP contribution < -0.4 is 5.32 Å². The average Bonchev–Trinajstić information content (AvgIpc) is 2.37. The van der Waals surface area contributed by atoms with Crippen LogP contribution in [0, 0.1) is 12.7 Å². The standard InChI is InChI=1S/C14H10F4N2O/c1-8-4-2-7-11(19-8)20-13(21)9-5-3-6-10(12(9)15)14(16,17)18/h2-7H,1H3,(H,19,20,21). The van der Waals surface area contributed by atoms with Crippen LogP contribution in [0.3, 0.4) is 0 Å². The van der Waals surface area contributed by atoms with E-state index in [1.165, 1.54) is 6.07 Å². The Balaban J connectivity index is 2.32. The number of benzene rings is 1. The highest BCUT2D eigenvalue weighted by Crippen LogP contribution is 2.32. The van der Waals surface area contributed by atoms with Gasteiger partial charge in [-0.05, 0) is 31.2 Å². The predicted molar refractivity (Wildman–Crippen MR) is 68.3 cm³/mol. The van der Waals surface area contributed by atoms with E-state index in [0.29, 0.717) is 11.8 Å². The number of carbonyl (C=O) groups is 1. The smallest absolute Gasteiger partial charge is 0.306 e. The second kappa shape index (κ2) is 5.51. The number of nitrogens with zero attached hydrogens (tertiary/aromatic N) is 1. The lowest BCUT2D eigenvalue weighted by molar-refractivity contribution is -0.140. The first-order valence-corrected chi connectivity index (χ1v) is 5.90. The zero-order valence-corrected chi connectivity index (χ0v) is 10.8. The summed E-state index contributed by atoms with van der Waals surface area (Å²) in [6.45, 7) is 1.68. The van der Waals surface area contributed by atoms with Crippen molar-refractivity contribution in [2.75, 3.05) is 5.32 Å². The Morgan fingerprint density at radius 1 is 1.14 bits per heavy atom. The number of aromatic nitrogens is 1. The van der Waals surface area contributed by atoms with Crippen molar-refractivity contribution in [2.24, 2.45) is 0 Å². The summed E-state index contributed by atoms with van der Waals surface area (Å²) in [5, 5.41) is 2.26. The zero-order chi connectivity index (χ0) is 15.6. The molecule has 110 valence electrons. The number of rotatable bonds is 2. The number of amides is 1.